The van der Waals surface area contributed by atoms with Crippen molar-refractivity contribution < 1.29 is 4.74 Å². The molecule has 0 saturated heterocycles. The monoisotopic (exact) mass is 167 g/mol. The first-order valence-corrected chi connectivity index (χ1v) is 4.44. The van der Waals surface area contributed by atoms with Crippen LogP contribution in [0.1, 0.15) is 19.8 Å². The number of hydrogen-bond donors (Lipinski definition) is 1. The highest BCUT2D eigenvalue weighted by atomic mass is 16.5. The van der Waals surface area contributed by atoms with Crippen molar-refractivity contribution in [1.82, 2.24) is 5.32 Å². The van der Waals surface area contributed by atoms with Crippen LogP contribution in [0.25, 0.3) is 0 Å². The summed E-state index contributed by atoms with van der Waals surface area (Å²) in [5, 5.41) is 3.30. The summed E-state index contributed by atoms with van der Waals surface area (Å²) in [7, 11) is 0. The van der Waals surface area contributed by atoms with Crippen LogP contribution < -0.4 is 5.32 Å². The van der Waals surface area contributed by atoms with Crippen LogP contribution in [0.2, 0.25) is 0 Å². The molecule has 0 aliphatic carbocycles. The topological polar surface area (TPSA) is 21.3 Å². The zero-order valence-corrected chi connectivity index (χ0v) is 7.68. The van der Waals surface area contributed by atoms with E-state index in [2.05, 4.69) is 18.0 Å². The lowest BCUT2D eigenvalue weighted by Crippen LogP contribution is -2.29. The summed E-state index contributed by atoms with van der Waals surface area (Å²) < 4.78 is 5.39. The molecule has 1 aliphatic heterocycles. The molecule has 0 fully saturated rings. The minimum atomic E-state index is 0.356. The van der Waals surface area contributed by atoms with Crippen molar-refractivity contribution in [3.63, 3.8) is 0 Å². The molecule has 0 spiro atoms. The van der Waals surface area contributed by atoms with Crippen molar-refractivity contribution in [1.29, 1.82) is 0 Å². The van der Waals surface area contributed by atoms with Gasteiger partial charge in [0.05, 0.1) is 6.26 Å². The van der Waals surface area contributed by atoms with Gasteiger partial charge >= 0.3 is 0 Å². The molecule has 1 rings (SSSR count). The molecule has 12 heavy (non-hydrogen) atoms. The number of allylic oxidation sites excluding steroid dienone is 1. The summed E-state index contributed by atoms with van der Waals surface area (Å²) >= 11 is 0. The van der Waals surface area contributed by atoms with Crippen LogP contribution in [0.15, 0.2) is 24.5 Å². The summed E-state index contributed by atoms with van der Waals surface area (Å²) in [6.45, 7) is 7.66. The first kappa shape index (κ1) is 9.33. The summed E-state index contributed by atoms with van der Waals surface area (Å²) in [6, 6.07) is 0. The van der Waals surface area contributed by atoms with Crippen molar-refractivity contribution in [2.24, 2.45) is 0 Å². The Morgan fingerprint density at radius 2 is 2.58 bits per heavy atom. The molecule has 0 aromatic rings. The Morgan fingerprint density at radius 3 is 3.17 bits per heavy atom. The van der Waals surface area contributed by atoms with Crippen LogP contribution in [0.4, 0.5) is 0 Å². The highest BCUT2D eigenvalue weighted by Gasteiger charge is 2.09. The van der Waals surface area contributed by atoms with Crippen molar-refractivity contribution in [3.8, 4) is 0 Å². The SMILES string of the molecule is C=C(C)CNCC1CCC=CO1. The molecule has 0 radical (unpaired) electrons. The van der Waals surface area contributed by atoms with Gasteiger partial charge in [-0.2, -0.15) is 0 Å². The van der Waals surface area contributed by atoms with Crippen LogP contribution >= 0.6 is 0 Å². The average molecular weight is 167 g/mol. The highest BCUT2D eigenvalue weighted by Crippen LogP contribution is 2.08. The molecule has 68 valence electrons. The maximum absolute atomic E-state index is 5.39. The fraction of sp³-hybridized carbons (Fsp3) is 0.600. The number of nitrogens with one attached hydrogen (secondary N) is 1. The molecule has 1 N–H and O–H groups in total. The Morgan fingerprint density at radius 1 is 1.75 bits per heavy atom. The van der Waals surface area contributed by atoms with E-state index in [1.807, 2.05) is 6.92 Å². The zero-order valence-electron chi connectivity index (χ0n) is 7.68. The third-order valence-corrected chi connectivity index (χ3v) is 1.82. The molecule has 2 nitrogen and oxygen atoms in total. The molecule has 0 aromatic carbocycles. The number of ether oxygens (including phenoxy) is 1. The molecule has 2 heteroatoms. The number of hydrogen-bond acceptors (Lipinski definition) is 2. The van der Waals surface area contributed by atoms with Gasteiger partial charge in [-0.1, -0.05) is 12.2 Å². The Hall–Kier alpha value is -0.760. The highest BCUT2D eigenvalue weighted by molar-refractivity contribution is 4.91. The first-order chi connectivity index (χ1) is 5.79. The lowest BCUT2D eigenvalue weighted by molar-refractivity contribution is 0.123. The molecule has 0 saturated carbocycles. The second kappa shape index (κ2) is 4.99. The van der Waals surface area contributed by atoms with Gasteiger partial charge in [-0.25, -0.2) is 0 Å². The zero-order chi connectivity index (χ0) is 8.81. The standard InChI is InChI=1S/C10H17NO/c1-9(2)7-11-8-10-5-3-4-6-12-10/h4,6,10-11H,1,3,5,7-8H2,2H3. The second-order valence-electron chi connectivity index (χ2n) is 3.30. The Bertz CT molecular complexity index is 175. The van der Waals surface area contributed by atoms with Crippen molar-refractivity contribution in [3.05, 3.63) is 24.5 Å². The van der Waals surface area contributed by atoms with Gasteiger partial charge in [-0.15, -0.1) is 0 Å². The van der Waals surface area contributed by atoms with Crippen LogP contribution in [0, 0.1) is 0 Å². The van der Waals surface area contributed by atoms with Gasteiger partial charge in [-0.3, -0.25) is 0 Å². The second-order valence-corrected chi connectivity index (χ2v) is 3.30. The maximum atomic E-state index is 5.39. The normalized spacial score (nSPS) is 21.9. The molecular formula is C10H17NO. The van der Waals surface area contributed by atoms with Gasteiger partial charge in [-0.05, 0) is 25.8 Å². The van der Waals surface area contributed by atoms with Crippen LogP contribution in [0.5, 0.6) is 0 Å². The summed E-state index contributed by atoms with van der Waals surface area (Å²) in [5.41, 5.74) is 1.17. The van der Waals surface area contributed by atoms with E-state index in [-0.39, 0.29) is 0 Å². The fourth-order valence-electron chi connectivity index (χ4n) is 1.18. The molecule has 0 aromatic heterocycles. The van der Waals surface area contributed by atoms with Crippen LogP contribution in [0.3, 0.4) is 0 Å². The van der Waals surface area contributed by atoms with E-state index >= 15 is 0 Å². The van der Waals surface area contributed by atoms with Crippen molar-refractivity contribution in [2.75, 3.05) is 13.1 Å². The van der Waals surface area contributed by atoms with E-state index < -0.39 is 0 Å². The Balaban J connectivity index is 2.06. The van der Waals surface area contributed by atoms with E-state index in [9.17, 15) is 0 Å². The molecular weight excluding hydrogens is 150 g/mol. The van der Waals surface area contributed by atoms with E-state index in [0.717, 1.165) is 25.9 Å². The van der Waals surface area contributed by atoms with E-state index in [0.29, 0.717) is 6.10 Å². The predicted octanol–water partition coefficient (Wildman–Crippen LogP) is 1.84. The van der Waals surface area contributed by atoms with Crippen molar-refractivity contribution >= 4 is 0 Å². The average Bonchev–Trinajstić information content (AvgIpc) is 2.05. The molecule has 0 bridgehead atoms. The van der Waals surface area contributed by atoms with E-state index in [1.54, 1.807) is 6.26 Å². The third-order valence-electron chi connectivity index (χ3n) is 1.82. The van der Waals surface area contributed by atoms with E-state index in [1.165, 1.54) is 5.57 Å². The predicted molar refractivity (Wildman–Crippen MR) is 50.9 cm³/mol. The minimum Gasteiger partial charge on any atom is -0.497 e. The van der Waals surface area contributed by atoms with Gasteiger partial charge in [0.15, 0.2) is 0 Å². The van der Waals surface area contributed by atoms with Crippen LogP contribution in [-0.4, -0.2) is 19.2 Å². The lowest BCUT2D eigenvalue weighted by Gasteiger charge is -2.19. The Labute approximate surface area is 74.3 Å². The summed E-state index contributed by atoms with van der Waals surface area (Å²) in [6.07, 6.45) is 6.49. The summed E-state index contributed by atoms with van der Waals surface area (Å²) in [5.74, 6) is 0. The molecule has 1 aliphatic rings. The Kier molecular flexibility index (Phi) is 3.88. The quantitative estimate of drug-likeness (QED) is 0.645. The van der Waals surface area contributed by atoms with Crippen LogP contribution in [-0.2, 0) is 4.74 Å². The minimum absolute atomic E-state index is 0.356. The molecule has 1 unspecified atom stereocenters. The molecule has 0 amide bonds. The van der Waals surface area contributed by atoms with Gasteiger partial charge < -0.3 is 10.1 Å². The number of rotatable bonds is 4. The lowest BCUT2D eigenvalue weighted by atomic mass is 10.1. The van der Waals surface area contributed by atoms with Crippen molar-refractivity contribution in [2.45, 2.75) is 25.9 Å². The summed E-state index contributed by atoms with van der Waals surface area (Å²) in [4.78, 5) is 0. The maximum Gasteiger partial charge on any atom is 0.110 e. The third kappa shape index (κ3) is 3.58. The van der Waals surface area contributed by atoms with Gasteiger partial charge in [0, 0.05) is 13.1 Å². The molecule has 1 heterocycles. The molecule has 1 atom stereocenters. The fourth-order valence-corrected chi connectivity index (χ4v) is 1.18. The van der Waals surface area contributed by atoms with Gasteiger partial charge in [0.2, 0.25) is 0 Å². The smallest absolute Gasteiger partial charge is 0.110 e. The van der Waals surface area contributed by atoms with Gasteiger partial charge in [0.25, 0.3) is 0 Å². The first-order valence-electron chi connectivity index (χ1n) is 4.44. The largest absolute Gasteiger partial charge is 0.497 e. The van der Waals surface area contributed by atoms with E-state index in [4.69, 9.17) is 4.74 Å². The van der Waals surface area contributed by atoms with Gasteiger partial charge in [0.1, 0.15) is 6.10 Å².